The molecule has 4 nitrogen and oxygen atoms in total. The van der Waals surface area contributed by atoms with Crippen LogP contribution in [0.3, 0.4) is 0 Å². The summed E-state index contributed by atoms with van der Waals surface area (Å²) in [5.74, 6) is -0.104. The fraction of sp³-hybridized carbons (Fsp3) is 0.136. The van der Waals surface area contributed by atoms with E-state index >= 15 is 0 Å². The number of aromatic nitrogens is 2. The molecular weight excluding hydrogens is 386 g/mol. The van der Waals surface area contributed by atoms with E-state index < -0.39 is 0 Å². The van der Waals surface area contributed by atoms with Gasteiger partial charge in [0.05, 0.1) is 17.0 Å². The average molecular weight is 406 g/mol. The molecule has 4 aromatic rings. The topological polar surface area (TPSA) is 54.9 Å². The van der Waals surface area contributed by atoms with Gasteiger partial charge in [0.15, 0.2) is 5.13 Å². The van der Waals surface area contributed by atoms with Crippen LogP contribution in [-0.4, -0.2) is 15.9 Å². The Balaban J connectivity index is 1.66. The lowest BCUT2D eigenvalue weighted by atomic mass is 10.1. The summed E-state index contributed by atoms with van der Waals surface area (Å²) in [6.07, 6.45) is 1.97. The van der Waals surface area contributed by atoms with Crippen molar-refractivity contribution >= 4 is 33.7 Å². The van der Waals surface area contributed by atoms with Crippen LogP contribution in [0.1, 0.15) is 16.1 Å². The van der Waals surface area contributed by atoms with Crippen LogP contribution in [-0.2, 0) is 11.2 Å². The molecule has 0 fully saturated rings. The average Bonchev–Trinajstić information content (AvgIpc) is 3.29. The van der Waals surface area contributed by atoms with Gasteiger partial charge in [0.25, 0.3) is 0 Å². The summed E-state index contributed by atoms with van der Waals surface area (Å²) in [4.78, 5) is 23.7. The number of aryl methyl sites for hydroxylation is 2. The molecule has 0 aliphatic carbocycles. The number of nitrogens with zero attached hydrogens (tertiary/aromatic N) is 2. The second-order valence-electron chi connectivity index (χ2n) is 6.53. The molecule has 0 aliphatic heterocycles. The number of amides is 1. The van der Waals surface area contributed by atoms with E-state index in [0.29, 0.717) is 5.13 Å². The highest BCUT2D eigenvalue weighted by Crippen LogP contribution is 2.36. The lowest BCUT2D eigenvalue weighted by Gasteiger charge is -2.04. The third kappa shape index (κ3) is 4.18. The van der Waals surface area contributed by atoms with Gasteiger partial charge in [0.1, 0.15) is 5.01 Å². The van der Waals surface area contributed by atoms with Gasteiger partial charge in [-0.05, 0) is 19.4 Å². The van der Waals surface area contributed by atoms with Crippen LogP contribution < -0.4 is 5.32 Å². The molecule has 2 aromatic heterocycles. The van der Waals surface area contributed by atoms with E-state index in [2.05, 4.69) is 41.5 Å². The third-order valence-electron chi connectivity index (χ3n) is 4.23. The molecule has 1 N–H and O–H groups in total. The molecular formula is C22H19N3OS2. The van der Waals surface area contributed by atoms with Crippen molar-refractivity contribution in [3.8, 4) is 21.0 Å². The van der Waals surface area contributed by atoms with Crippen LogP contribution in [0.15, 0.2) is 60.8 Å². The van der Waals surface area contributed by atoms with Crippen LogP contribution in [0, 0.1) is 13.8 Å². The van der Waals surface area contributed by atoms with Crippen LogP contribution >= 0.6 is 22.7 Å². The zero-order valence-corrected chi connectivity index (χ0v) is 17.2. The van der Waals surface area contributed by atoms with Gasteiger partial charge in [-0.25, -0.2) is 9.97 Å². The zero-order valence-electron chi connectivity index (χ0n) is 15.6. The molecule has 0 saturated carbocycles. The Morgan fingerprint density at radius 1 is 0.964 bits per heavy atom. The summed E-state index contributed by atoms with van der Waals surface area (Å²) >= 11 is 3.09. The molecule has 0 aliphatic rings. The molecule has 140 valence electrons. The lowest BCUT2D eigenvalue weighted by Crippen LogP contribution is -2.14. The Kier molecular flexibility index (Phi) is 5.32. The number of rotatable bonds is 5. The van der Waals surface area contributed by atoms with Crippen molar-refractivity contribution in [3.05, 3.63) is 76.9 Å². The number of thiazole rings is 2. The molecule has 0 spiro atoms. The zero-order chi connectivity index (χ0) is 19.5. The molecule has 28 heavy (non-hydrogen) atoms. The van der Waals surface area contributed by atoms with Crippen molar-refractivity contribution in [1.29, 1.82) is 0 Å². The first kappa shape index (κ1) is 18.5. The van der Waals surface area contributed by atoms with E-state index in [-0.39, 0.29) is 12.3 Å². The number of nitrogens with one attached hydrogen (secondary N) is 1. The standard InChI is InChI=1S/C22H19N3OS2/c1-14-8-10-16(11-9-14)20-18(12-19(26)25-22-23-13-15(2)27-22)24-21(28-20)17-6-4-3-5-7-17/h3-11,13H,12H2,1-2H3,(H,23,25,26). The second-order valence-corrected chi connectivity index (χ2v) is 8.76. The minimum absolute atomic E-state index is 0.104. The summed E-state index contributed by atoms with van der Waals surface area (Å²) in [6.45, 7) is 4.03. The van der Waals surface area contributed by atoms with E-state index in [1.54, 1.807) is 17.5 Å². The first-order chi connectivity index (χ1) is 13.6. The number of anilines is 1. The smallest absolute Gasteiger partial charge is 0.232 e. The normalized spacial score (nSPS) is 10.8. The molecule has 0 unspecified atom stereocenters. The van der Waals surface area contributed by atoms with Crippen LogP contribution in [0.4, 0.5) is 5.13 Å². The SMILES string of the molecule is Cc1ccc(-c2sc(-c3ccccc3)nc2CC(=O)Nc2ncc(C)s2)cc1. The highest BCUT2D eigenvalue weighted by Gasteiger charge is 2.18. The molecule has 0 saturated heterocycles. The maximum atomic E-state index is 12.6. The van der Waals surface area contributed by atoms with Crippen LogP contribution in [0.2, 0.25) is 0 Å². The van der Waals surface area contributed by atoms with Crippen LogP contribution in [0.25, 0.3) is 21.0 Å². The summed E-state index contributed by atoms with van der Waals surface area (Å²) in [6, 6.07) is 18.4. The van der Waals surface area contributed by atoms with E-state index in [0.717, 1.165) is 31.6 Å². The fourth-order valence-corrected chi connectivity index (χ4v) is 4.61. The Hall–Kier alpha value is -2.83. The first-order valence-electron chi connectivity index (χ1n) is 8.93. The molecule has 2 aromatic carbocycles. The van der Waals surface area contributed by atoms with Gasteiger partial charge in [-0.3, -0.25) is 4.79 Å². The van der Waals surface area contributed by atoms with Crippen molar-refractivity contribution in [2.45, 2.75) is 20.3 Å². The molecule has 0 radical (unpaired) electrons. The van der Waals surface area contributed by atoms with Gasteiger partial charge >= 0.3 is 0 Å². The van der Waals surface area contributed by atoms with Gasteiger partial charge < -0.3 is 5.32 Å². The van der Waals surface area contributed by atoms with Crippen molar-refractivity contribution < 1.29 is 4.79 Å². The number of carbonyl (C=O) groups is 1. The summed E-state index contributed by atoms with van der Waals surface area (Å²) in [5, 5.41) is 4.42. The minimum Gasteiger partial charge on any atom is -0.302 e. The monoisotopic (exact) mass is 405 g/mol. The summed E-state index contributed by atoms with van der Waals surface area (Å²) in [7, 11) is 0. The first-order valence-corrected chi connectivity index (χ1v) is 10.6. The predicted octanol–water partition coefficient (Wildman–Crippen LogP) is 5.73. The molecule has 0 atom stereocenters. The van der Waals surface area contributed by atoms with E-state index in [1.165, 1.54) is 16.9 Å². The van der Waals surface area contributed by atoms with Gasteiger partial charge in [-0.15, -0.1) is 22.7 Å². The van der Waals surface area contributed by atoms with Crippen molar-refractivity contribution in [1.82, 2.24) is 9.97 Å². The largest absolute Gasteiger partial charge is 0.302 e. The maximum Gasteiger partial charge on any atom is 0.232 e. The fourth-order valence-electron chi connectivity index (χ4n) is 2.83. The number of benzene rings is 2. The van der Waals surface area contributed by atoms with Crippen molar-refractivity contribution in [2.24, 2.45) is 0 Å². The van der Waals surface area contributed by atoms with Crippen molar-refractivity contribution in [3.63, 3.8) is 0 Å². The Labute approximate surface area is 171 Å². The van der Waals surface area contributed by atoms with Gasteiger partial charge in [0, 0.05) is 16.6 Å². The highest BCUT2D eigenvalue weighted by atomic mass is 32.1. The minimum atomic E-state index is -0.104. The Bertz CT molecular complexity index is 1100. The quantitative estimate of drug-likeness (QED) is 0.461. The van der Waals surface area contributed by atoms with Gasteiger partial charge in [-0.1, -0.05) is 60.2 Å². The molecule has 1 amide bonds. The molecule has 2 heterocycles. The van der Waals surface area contributed by atoms with E-state index in [1.807, 2.05) is 37.3 Å². The number of hydrogen-bond donors (Lipinski definition) is 1. The van der Waals surface area contributed by atoms with Gasteiger partial charge in [0.2, 0.25) is 5.91 Å². The van der Waals surface area contributed by atoms with Crippen LogP contribution in [0.5, 0.6) is 0 Å². The summed E-state index contributed by atoms with van der Waals surface area (Å²) in [5.41, 5.74) is 4.13. The molecule has 6 heteroatoms. The Morgan fingerprint density at radius 3 is 2.39 bits per heavy atom. The predicted molar refractivity (Wildman–Crippen MR) is 117 cm³/mol. The molecule has 0 bridgehead atoms. The maximum absolute atomic E-state index is 12.6. The molecule has 4 rings (SSSR count). The van der Waals surface area contributed by atoms with Crippen molar-refractivity contribution in [2.75, 3.05) is 5.32 Å². The second kappa shape index (κ2) is 8.04. The Morgan fingerprint density at radius 2 is 1.71 bits per heavy atom. The van der Waals surface area contributed by atoms with E-state index in [9.17, 15) is 4.79 Å². The third-order valence-corrected chi connectivity index (χ3v) is 6.25. The highest BCUT2D eigenvalue weighted by molar-refractivity contribution is 7.18. The van der Waals surface area contributed by atoms with Gasteiger partial charge in [-0.2, -0.15) is 0 Å². The number of hydrogen-bond acceptors (Lipinski definition) is 5. The number of carbonyl (C=O) groups excluding carboxylic acids is 1. The summed E-state index contributed by atoms with van der Waals surface area (Å²) < 4.78 is 0. The van der Waals surface area contributed by atoms with E-state index in [4.69, 9.17) is 4.98 Å². The lowest BCUT2D eigenvalue weighted by molar-refractivity contribution is -0.115.